The molecule has 0 aromatic heterocycles. The van der Waals surface area contributed by atoms with Crippen molar-refractivity contribution in [2.45, 2.75) is 13.8 Å². The Labute approximate surface area is 83.9 Å². The Hall–Kier alpha value is -0.0500. The Kier molecular flexibility index (Phi) is 7.33. The lowest BCUT2D eigenvalue weighted by Crippen LogP contribution is -2.02. The molecule has 0 aromatic carbocycles. The van der Waals surface area contributed by atoms with Crippen LogP contribution < -0.4 is 0 Å². The molecule has 0 saturated carbocycles. The van der Waals surface area contributed by atoms with E-state index in [4.69, 9.17) is 9.05 Å². The van der Waals surface area contributed by atoms with Gasteiger partial charge in [-0.1, -0.05) is 0 Å². The van der Waals surface area contributed by atoms with Crippen LogP contribution in [0.4, 0.5) is 0 Å². The fourth-order valence-electron chi connectivity index (χ4n) is 0.778. The van der Waals surface area contributed by atoms with Crippen LogP contribution in [0.1, 0.15) is 13.8 Å². The zero-order valence-electron chi connectivity index (χ0n) is 7.86. The van der Waals surface area contributed by atoms with Crippen molar-refractivity contribution in [1.82, 2.24) is 0 Å². The number of isothiocyanates is 1. The third-order valence-corrected chi connectivity index (χ3v) is 3.38. The van der Waals surface area contributed by atoms with Crippen LogP contribution in [-0.2, 0) is 13.6 Å². The largest absolute Gasteiger partial charge is 0.332 e. The highest BCUT2D eigenvalue weighted by Crippen LogP contribution is 2.47. The van der Waals surface area contributed by atoms with Crippen molar-refractivity contribution in [1.29, 1.82) is 0 Å². The van der Waals surface area contributed by atoms with Gasteiger partial charge in [0.1, 0.15) is 0 Å². The number of nitrogens with zero attached hydrogens (tertiary/aromatic N) is 1. The first kappa shape index (κ1) is 12.9. The predicted octanol–water partition coefficient (Wildman–Crippen LogP) is 2.36. The van der Waals surface area contributed by atoms with Crippen LogP contribution >= 0.6 is 19.8 Å². The van der Waals surface area contributed by atoms with Crippen molar-refractivity contribution in [3.05, 3.63) is 0 Å². The van der Waals surface area contributed by atoms with Gasteiger partial charge in [-0.15, -0.1) is 0 Å². The van der Waals surface area contributed by atoms with E-state index in [0.717, 1.165) is 0 Å². The summed E-state index contributed by atoms with van der Waals surface area (Å²) in [6, 6.07) is 0. The molecule has 13 heavy (non-hydrogen) atoms. The minimum Gasteiger partial charge on any atom is -0.309 e. The Balaban J connectivity index is 4.06. The molecule has 0 aromatic rings. The van der Waals surface area contributed by atoms with Gasteiger partial charge in [-0.05, 0) is 26.1 Å². The minimum absolute atomic E-state index is 0.262. The highest BCUT2D eigenvalue weighted by Gasteiger charge is 2.22. The third-order valence-electron chi connectivity index (χ3n) is 1.20. The molecule has 0 rings (SSSR count). The van der Waals surface area contributed by atoms with Gasteiger partial charge in [-0.2, -0.15) is 0 Å². The number of thiocarbonyl (C=S) groups is 1. The van der Waals surface area contributed by atoms with Crippen molar-refractivity contribution in [2.75, 3.05) is 25.9 Å². The van der Waals surface area contributed by atoms with Gasteiger partial charge in [0.05, 0.1) is 31.1 Å². The summed E-state index contributed by atoms with van der Waals surface area (Å²) >= 11 is 4.38. The lowest BCUT2D eigenvalue weighted by atomic mass is 10.8. The highest BCUT2D eigenvalue weighted by molar-refractivity contribution is 7.78. The Morgan fingerprint density at radius 2 is 1.92 bits per heavy atom. The van der Waals surface area contributed by atoms with Crippen molar-refractivity contribution >= 4 is 25.0 Å². The fourth-order valence-corrected chi connectivity index (χ4v) is 2.33. The fraction of sp³-hybridized carbons (Fsp3) is 0.857. The average molecular weight is 223 g/mol. The molecular weight excluding hydrogens is 209 g/mol. The summed E-state index contributed by atoms with van der Waals surface area (Å²) in [4.78, 5) is 3.65. The molecule has 0 bridgehead atoms. The van der Waals surface area contributed by atoms with Gasteiger partial charge in [0.15, 0.2) is 0 Å². The molecule has 0 aliphatic rings. The second-order valence-electron chi connectivity index (χ2n) is 2.14. The first-order valence-electron chi connectivity index (χ1n) is 4.10. The number of aliphatic imine (C=N–C) groups is 1. The molecule has 0 radical (unpaired) electrons. The molecular formula is C7H14NO3PS. The second-order valence-corrected chi connectivity index (χ2v) is 4.51. The summed E-state index contributed by atoms with van der Waals surface area (Å²) in [6.45, 7) is 4.63. The SMILES string of the molecule is CCOP(=O)(CCN=C=S)OCC. The monoisotopic (exact) mass is 223 g/mol. The minimum atomic E-state index is -2.93. The molecule has 0 atom stereocenters. The molecule has 0 aliphatic heterocycles. The average Bonchev–Trinajstić information content (AvgIpc) is 2.05. The van der Waals surface area contributed by atoms with E-state index in [9.17, 15) is 4.57 Å². The van der Waals surface area contributed by atoms with Crippen molar-refractivity contribution in [3.8, 4) is 0 Å². The van der Waals surface area contributed by atoms with Crippen molar-refractivity contribution in [2.24, 2.45) is 4.99 Å². The number of hydrogen-bond donors (Lipinski definition) is 0. The number of hydrogen-bond acceptors (Lipinski definition) is 5. The van der Waals surface area contributed by atoms with Crippen LogP contribution in [0.25, 0.3) is 0 Å². The van der Waals surface area contributed by atoms with Gasteiger partial charge in [-0.3, -0.25) is 4.57 Å². The summed E-state index contributed by atoms with van der Waals surface area (Å²) in [7, 11) is -2.93. The van der Waals surface area contributed by atoms with E-state index in [1.807, 2.05) is 0 Å². The molecule has 0 spiro atoms. The third kappa shape index (κ3) is 6.08. The van der Waals surface area contributed by atoms with Crippen molar-refractivity contribution < 1.29 is 13.6 Å². The Morgan fingerprint density at radius 1 is 1.38 bits per heavy atom. The van der Waals surface area contributed by atoms with Crippen LogP contribution in [0, 0.1) is 0 Å². The standard InChI is InChI=1S/C7H14NO3PS/c1-3-10-12(9,11-4-2)6-5-8-7-13/h3-6H2,1-2H3. The van der Waals surface area contributed by atoms with Gasteiger partial charge in [0.2, 0.25) is 0 Å². The van der Waals surface area contributed by atoms with E-state index < -0.39 is 7.60 Å². The maximum atomic E-state index is 11.7. The van der Waals surface area contributed by atoms with Gasteiger partial charge >= 0.3 is 7.60 Å². The maximum absolute atomic E-state index is 11.7. The zero-order chi connectivity index (χ0) is 10.2. The van der Waals surface area contributed by atoms with Crippen LogP contribution in [0.5, 0.6) is 0 Å². The van der Waals surface area contributed by atoms with E-state index in [1.165, 1.54) is 0 Å². The summed E-state index contributed by atoms with van der Waals surface area (Å²) in [5.41, 5.74) is 0. The molecule has 76 valence electrons. The Bertz CT molecular complexity index is 218. The molecule has 6 heteroatoms. The van der Waals surface area contributed by atoms with E-state index in [0.29, 0.717) is 19.8 Å². The van der Waals surface area contributed by atoms with Crippen LogP contribution in [0.15, 0.2) is 4.99 Å². The highest BCUT2D eigenvalue weighted by atomic mass is 32.1. The first-order valence-corrected chi connectivity index (χ1v) is 6.24. The molecule has 0 amide bonds. The first-order chi connectivity index (χ1) is 6.18. The van der Waals surface area contributed by atoms with E-state index in [2.05, 4.69) is 22.4 Å². The van der Waals surface area contributed by atoms with E-state index >= 15 is 0 Å². The number of rotatable bonds is 7. The van der Waals surface area contributed by atoms with Crippen LogP contribution in [-0.4, -0.2) is 31.1 Å². The molecule has 0 unspecified atom stereocenters. The molecule has 4 nitrogen and oxygen atoms in total. The maximum Gasteiger partial charge on any atom is 0.332 e. The molecule has 0 fully saturated rings. The van der Waals surface area contributed by atoms with Crippen LogP contribution in [0.2, 0.25) is 0 Å². The van der Waals surface area contributed by atoms with Gasteiger partial charge in [-0.25, -0.2) is 4.99 Å². The van der Waals surface area contributed by atoms with E-state index in [1.54, 1.807) is 13.8 Å². The molecule has 0 heterocycles. The van der Waals surface area contributed by atoms with Gasteiger partial charge in [0, 0.05) is 0 Å². The predicted molar refractivity (Wildman–Crippen MR) is 55.6 cm³/mol. The van der Waals surface area contributed by atoms with Crippen molar-refractivity contribution in [3.63, 3.8) is 0 Å². The van der Waals surface area contributed by atoms with Gasteiger partial charge < -0.3 is 9.05 Å². The summed E-state index contributed by atoms with van der Waals surface area (Å²) in [5, 5.41) is 2.20. The summed E-state index contributed by atoms with van der Waals surface area (Å²) in [6.07, 6.45) is 0.262. The Morgan fingerprint density at radius 3 is 2.31 bits per heavy atom. The summed E-state index contributed by atoms with van der Waals surface area (Å²) < 4.78 is 21.8. The molecule has 0 saturated heterocycles. The zero-order valence-corrected chi connectivity index (χ0v) is 9.57. The molecule has 0 aliphatic carbocycles. The summed E-state index contributed by atoms with van der Waals surface area (Å²) in [5.74, 6) is 0. The smallest absolute Gasteiger partial charge is 0.309 e. The second kappa shape index (κ2) is 7.36. The topological polar surface area (TPSA) is 47.9 Å². The van der Waals surface area contributed by atoms with E-state index in [-0.39, 0.29) is 6.16 Å². The lowest BCUT2D eigenvalue weighted by Gasteiger charge is -2.15. The quantitative estimate of drug-likeness (QED) is 0.377. The lowest BCUT2D eigenvalue weighted by molar-refractivity contribution is 0.221. The van der Waals surface area contributed by atoms with Crippen LogP contribution in [0.3, 0.4) is 0 Å². The van der Waals surface area contributed by atoms with Gasteiger partial charge in [0.25, 0.3) is 0 Å². The normalized spacial score (nSPS) is 10.9. The molecule has 0 N–H and O–H groups in total.